The van der Waals surface area contributed by atoms with Crippen LogP contribution in [0.25, 0.3) is 32.7 Å². The van der Waals surface area contributed by atoms with Crippen LogP contribution in [0.5, 0.6) is 11.5 Å². The van der Waals surface area contributed by atoms with Gasteiger partial charge < -0.3 is 26.2 Å². The number of anilines is 2. The lowest BCUT2D eigenvalue weighted by Crippen LogP contribution is -2.08. The highest BCUT2D eigenvalue weighted by Crippen LogP contribution is 2.45. The minimum absolute atomic E-state index is 0.181. The molecule has 0 aliphatic rings. The third-order valence-corrected chi connectivity index (χ3v) is 12.1. The number of azo groups is 2. The van der Waals surface area contributed by atoms with Crippen LogP contribution in [0.3, 0.4) is 0 Å². The Morgan fingerprint density at radius 3 is 1.30 bits per heavy atom. The second-order valence-electron chi connectivity index (χ2n) is 12.3. The topological polar surface area (TPSA) is 345 Å². The zero-order chi connectivity index (χ0) is 41.9. The molecule has 1 atom stereocenters. The lowest BCUT2D eigenvalue weighted by atomic mass is 10.0. The van der Waals surface area contributed by atoms with Gasteiger partial charge in [0.1, 0.15) is 26.1 Å². The Labute approximate surface area is 325 Å². The molecule has 6 rings (SSSR count). The summed E-state index contributed by atoms with van der Waals surface area (Å²) in [4.78, 5) is -3.43. The number of fused-ring (bicyclic) bond motifs is 2. The van der Waals surface area contributed by atoms with E-state index in [1.807, 2.05) is 0 Å². The first kappa shape index (κ1) is 40.7. The Balaban J connectivity index is 1.29. The van der Waals surface area contributed by atoms with Gasteiger partial charge in [0.05, 0.1) is 33.5 Å². The summed E-state index contributed by atoms with van der Waals surface area (Å²) in [5, 5.41) is 36.9. The summed E-state index contributed by atoms with van der Waals surface area (Å²) in [6, 6.07) is 16.1. The molecule has 19 nitrogen and oxygen atoms in total. The molecule has 0 aliphatic heterocycles. The zero-order valence-electron chi connectivity index (χ0n) is 29.0. The van der Waals surface area contributed by atoms with Gasteiger partial charge in [-0.1, -0.05) is 24.3 Å². The molecule has 0 spiro atoms. The van der Waals surface area contributed by atoms with Crippen molar-refractivity contribution in [3.05, 3.63) is 83.9 Å². The van der Waals surface area contributed by atoms with E-state index in [1.54, 1.807) is 50.2 Å². The molecular weight excluding hydrogens is 829 g/mol. The molecule has 0 aromatic heterocycles. The lowest BCUT2D eigenvalue weighted by molar-refractivity contribution is 0.478. The van der Waals surface area contributed by atoms with Crippen molar-refractivity contribution >= 4 is 97.1 Å². The van der Waals surface area contributed by atoms with E-state index in [4.69, 9.17) is 11.5 Å². The molecule has 0 fully saturated rings. The average molecular weight is 856 g/mol. The number of hydrogen-bond donors (Lipinski definition) is 7. The van der Waals surface area contributed by atoms with Gasteiger partial charge in [0.2, 0.25) is 0 Å². The number of aryl methyl sites for hydroxylation is 2. The summed E-state index contributed by atoms with van der Waals surface area (Å²) in [5.41, 5.74) is 13.7. The quantitative estimate of drug-likeness (QED) is 0.0346. The number of nitrogens with two attached hydrogens (primary N) is 2. The summed E-state index contributed by atoms with van der Waals surface area (Å²) < 4.78 is 124. The van der Waals surface area contributed by atoms with Crippen LogP contribution in [0.1, 0.15) is 11.1 Å². The molecule has 296 valence electrons. The van der Waals surface area contributed by atoms with Crippen molar-refractivity contribution in [2.24, 2.45) is 20.5 Å². The van der Waals surface area contributed by atoms with E-state index < -0.39 is 89.3 Å². The van der Waals surface area contributed by atoms with Gasteiger partial charge in [0.15, 0.2) is 11.5 Å². The first-order chi connectivity index (χ1) is 26.5. The summed E-state index contributed by atoms with van der Waals surface area (Å²) in [6.45, 7) is 3.46. The normalized spacial score (nSPS) is 13.3. The van der Waals surface area contributed by atoms with Crippen molar-refractivity contribution in [3.63, 3.8) is 0 Å². The van der Waals surface area contributed by atoms with Crippen LogP contribution >= 0.6 is 0 Å². The Bertz CT molecular complexity index is 3150. The maximum Gasteiger partial charge on any atom is 0.296 e. The van der Waals surface area contributed by atoms with Crippen molar-refractivity contribution < 1.29 is 57.9 Å². The van der Waals surface area contributed by atoms with Gasteiger partial charge in [-0.15, -0.1) is 10.2 Å². The van der Waals surface area contributed by atoms with Crippen molar-refractivity contribution in [3.8, 4) is 22.6 Å². The van der Waals surface area contributed by atoms with Crippen LogP contribution in [0.4, 0.5) is 34.1 Å². The maximum absolute atomic E-state index is 12.0. The number of phenols is 2. The van der Waals surface area contributed by atoms with Crippen LogP contribution in [0.2, 0.25) is 0 Å². The molecule has 0 heterocycles. The van der Waals surface area contributed by atoms with Crippen molar-refractivity contribution in [1.29, 1.82) is 0 Å². The summed E-state index contributed by atoms with van der Waals surface area (Å²) >= 11 is -3.02. The molecule has 0 radical (unpaired) electrons. The standard InChI is InChI=1S/C34H28N6O13S4/c1-15-11-17(3-7-21(15)37-39-23-9-5-19-26(55(45,46)47)13-25(54(43)44)31(35)29(19)33(23)41)18-4-8-22(16(2)12-18)38-40-24-10-6-20-27(56(48,49)50)14-28(57(51,52)53)32(36)30(20)34(24)42/h3-14,41-42H,35-36H2,1-2H3,(H,43,44)(H,45,46,47)(H,48,49,50)(H,51,52,53)/p-1. The number of nitrogen functional groups attached to an aromatic ring is 2. The Morgan fingerprint density at radius 2 is 0.912 bits per heavy atom. The fourth-order valence-electron chi connectivity index (χ4n) is 5.96. The largest absolute Gasteiger partial charge is 0.768 e. The molecule has 0 bridgehead atoms. The SMILES string of the molecule is Cc1cc(-c2ccc(N=Nc3ccc4c(S(=O)(=O)O)cc(S(=O)(=O)O)c(N)c4c3O)c(C)c2)ccc1N=Nc1ccc2c(S(=O)(=O)O)cc(S(=O)[O-])c(N)c2c1O. The second-order valence-corrected chi connectivity index (χ2v) is 17.4. The Hall–Kier alpha value is -5.92. The van der Waals surface area contributed by atoms with Crippen LogP contribution in [0.15, 0.2) is 113 Å². The average Bonchev–Trinajstić information content (AvgIpc) is 3.10. The van der Waals surface area contributed by atoms with Crippen LogP contribution in [-0.2, 0) is 41.4 Å². The third kappa shape index (κ3) is 7.77. The fraction of sp³-hybridized carbons (Fsp3) is 0.0588. The molecule has 0 aliphatic carbocycles. The molecular formula is C34H27N6O13S4-. The van der Waals surface area contributed by atoms with E-state index in [0.29, 0.717) is 34.6 Å². The molecule has 0 saturated carbocycles. The first-order valence-corrected chi connectivity index (χ1v) is 21.1. The van der Waals surface area contributed by atoms with Crippen molar-refractivity contribution in [2.75, 3.05) is 11.5 Å². The second kappa shape index (κ2) is 14.5. The van der Waals surface area contributed by atoms with E-state index >= 15 is 0 Å². The van der Waals surface area contributed by atoms with Crippen LogP contribution < -0.4 is 11.5 Å². The molecule has 23 heteroatoms. The summed E-state index contributed by atoms with van der Waals surface area (Å²) in [6.07, 6.45) is 0. The predicted molar refractivity (Wildman–Crippen MR) is 206 cm³/mol. The summed E-state index contributed by atoms with van der Waals surface area (Å²) in [7, 11) is -15.1. The minimum atomic E-state index is -5.09. The Kier molecular flexibility index (Phi) is 10.4. The zero-order valence-corrected chi connectivity index (χ0v) is 32.3. The van der Waals surface area contributed by atoms with Crippen molar-refractivity contribution in [2.45, 2.75) is 33.4 Å². The number of nitrogens with zero attached hydrogens (tertiary/aromatic N) is 4. The number of benzene rings is 6. The van der Waals surface area contributed by atoms with Gasteiger partial charge in [0, 0.05) is 15.7 Å². The number of phenolic OH excluding ortho intramolecular Hbond substituents is 2. The number of aromatic hydroxyl groups is 2. The van der Waals surface area contributed by atoms with Crippen molar-refractivity contribution in [1.82, 2.24) is 0 Å². The molecule has 6 aromatic carbocycles. The molecule has 0 amide bonds. The third-order valence-electron chi connectivity index (χ3n) is 8.71. The highest BCUT2D eigenvalue weighted by atomic mass is 32.2. The smallest absolute Gasteiger partial charge is 0.296 e. The van der Waals surface area contributed by atoms with E-state index in [9.17, 15) is 57.9 Å². The molecule has 6 aromatic rings. The van der Waals surface area contributed by atoms with Crippen LogP contribution in [0, 0.1) is 13.8 Å². The first-order valence-electron chi connectivity index (χ1n) is 15.7. The molecule has 0 saturated heterocycles. The van der Waals surface area contributed by atoms with Gasteiger partial charge in [-0.2, -0.15) is 35.5 Å². The monoisotopic (exact) mass is 855 g/mol. The molecule has 57 heavy (non-hydrogen) atoms. The fourth-order valence-corrected chi connectivity index (χ4v) is 8.68. The molecule has 1 unspecified atom stereocenters. The maximum atomic E-state index is 12.0. The van der Waals surface area contributed by atoms with Crippen LogP contribution in [-0.4, -0.2) is 57.9 Å². The van der Waals surface area contributed by atoms with E-state index in [-0.39, 0.29) is 27.5 Å². The van der Waals surface area contributed by atoms with Gasteiger partial charge in [-0.3, -0.25) is 17.9 Å². The van der Waals surface area contributed by atoms with Gasteiger partial charge in [-0.05, 0) is 95.7 Å². The minimum Gasteiger partial charge on any atom is -0.768 e. The van der Waals surface area contributed by atoms with Gasteiger partial charge in [0.25, 0.3) is 30.4 Å². The summed E-state index contributed by atoms with van der Waals surface area (Å²) in [5.74, 6) is -1.45. The van der Waals surface area contributed by atoms with E-state index in [1.165, 1.54) is 12.1 Å². The number of rotatable bonds is 9. The van der Waals surface area contributed by atoms with E-state index in [0.717, 1.165) is 23.3 Å². The highest BCUT2D eigenvalue weighted by molar-refractivity contribution is 7.87. The van der Waals surface area contributed by atoms with E-state index in [2.05, 4.69) is 20.5 Å². The Morgan fingerprint density at radius 1 is 0.544 bits per heavy atom. The highest BCUT2D eigenvalue weighted by Gasteiger charge is 2.27. The van der Waals surface area contributed by atoms with Gasteiger partial charge >= 0.3 is 0 Å². The lowest BCUT2D eigenvalue weighted by Gasteiger charge is -2.15. The predicted octanol–water partition coefficient (Wildman–Crippen LogP) is 6.66. The molecule has 9 N–H and O–H groups in total. The van der Waals surface area contributed by atoms with Gasteiger partial charge in [-0.25, -0.2) is 0 Å². The number of hydrogen-bond acceptors (Lipinski definition) is 16.